The fourth-order valence-electron chi connectivity index (χ4n) is 2.42. The molecule has 3 rings (SSSR count). The molecule has 1 amide bonds. The molecule has 0 aliphatic carbocycles. The van der Waals surface area contributed by atoms with Gasteiger partial charge in [-0.05, 0) is 24.6 Å². The summed E-state index contributed by atoms with van der Waals surface area (Å²) in [6, 6.07) is 17.5. The molecule has 0 spiro atoms. The van der Waals surface area contributed by atoms with Gasteiger partial charge < -0.3 is 5.32 Å². The van der Waals surface area contributed by atoms with Crippen LogP contribution in [0.1, 0.15) is 24.2 Å². The third-order valence-corrected chi connectivity index (χ3v) is 4.82. The minimum atomic E-state index is -0.0331. The van der Waals surface area contributed by atoms with Crippen LogP contribution in [-0.4, -0.2) is 10.9 Å². The van der Waals surface area contributed by atoms with Gasteiger partial charge in [0.1, 0.15) is 5.01 Å². The van der Waals surface area contributed by atoms with E-state index in [0.29, 0.717) is 5.02 Å². The lowest BCUT2D eigenvalue weighted by Crippen LogP contribution is -2.28. The highest BCUT2D eigenvalue weighted by atomic mass is 35.5. The highest BCUT2D eigenvalue weighted by Gasteiger charge is 2.12. The average Bonchev–Trinajstić information content (AvgIpc) is 3.04. The van der Waals surface area contributed by atoms with Crippen molar-refractivity contribution < 1.29 is 4.79 Å². The Balaban J connectivity index is 1.63. The monoisotopic (exact) mass is 356 g/mol. The summed E-state index contributed by atoms with van der Waals surface area (Å²) in [4.78, 5) is 16.8. The molecular weight excluding hydrogens is 340 g/mol. The van der Waals surface area contributed by atoms with Crippen molar-refractivity contribution in [2.24, 2.45) is 0 Å². The minimum Gasteiger partial charge on any atom is -0.349 e. The van der Waals surface area contributed by atoms with Gasteiger partial charge in [0, 0.05) is 16.0 Å². The topological polar surface area (TPSA) is 42.0 Å². The van der Waals surface area contributed by atoms with E-state index in [-0.39, 0.29) is 18.4 Å². The summed E-state index contributed by atoms with van der Waals surface area (Å²) in [6.45, 7) is 1.98. The number of rotatable bonds is 5. The van der Waals surface area contributed by atoms with Gasteiger partial charge in [-0.1, -0.05) is 54.1 Å². The molecule has 1 heterocycles. The van der Waals surface area contributed by atoms with Crippen LogP contribution < -0.4 is 5.32 Å². The van der Waals surface area contributed by atoms with Crippen molar-refractivity contribution in [3.8, 4) is 10.6 Å². The van der Waals surface area contributed by atoms with Crippen LogP contribution in [0.2, 0.25) is 5.02 Å². The van der Waals surface area contributed by atoms with Crippen LogP contribution in [0, 0.1) is 0 Å². The van der Waals surface area contributed by atoms with Crippen molar-refractivity contribution in [3.05, 3.63) is 76.3 Å². The Hall–Kier alpha value is -2.17. The summed E-state index contributed by atoms with van der Waals surface area (Å²) in [5.74, 6) is -0.0331. The molecule has 5 heteroatoms. The Morgan fingerprint density at radius 1 is 1.21 bits per heavy atom. The van der Waals surface area contributed by atoms with E-state index in [0.717, 1.165) is 21.8 Å². The molecule has 0 fully saturated rings. The summed E-state index contributed by atoms with van der Waals surface area (Å²) < 4.78 is 0. The molecule has 3 nitrogen and oxygen atoms in total. The summed E-state index contributed by atoms with van der Waals surface area (Å²) in [5, 5.41) is 6.48. The second-order valence-electron chi connectivity index (χ2n) is 5.53. The number of aromatic nitrogens is 1. The van der Waals surface area contributed by atoms with E-state index in [1.54, 1.807) is 0 Å². The number of halogens is 1. The third-order valence-electron chi connectivity index (χ3n) is 3.64. The fraction of sp³-hybridized carbons (Fsp3) is 0.158. The Bertz CT molecular complexity index is 832. The van der Waals surface area contributed by atoms with Crippen LogP contribution >= 0.6 is 22.9 Å². The van der Waals surface area contributed by atoms with Crippen molar-refractivity contribution in [1.29, 1.82) is 0 Å². The molecule has 24 heavy (non-hydrogen) atoms. The van der Waals surface area contributed by atoms with Gasteiger partial charge in [-0.3, -0.25) is 4.79 Å². The molecule has 1 aromatic heterocycles. The van der Waals surface area contributed by atoms with Crippen molar-refractivity contribution in [1.82, 2.24) is 10.3 Å². The molecule has 2 aromatic carbocycles. The lowest BCUT2D eigenvalue weighted by molar-refractivity contribution is -0.121. The Labute approximate surface area is 150 Å². The lowest BCUT2D eigenvalue weighted by Gasteiger charge is -2.13. The first-order valence-corrected chi connectivity index (χ1v) is 8.92. The second kappa shape index (κ2) is 7.60. The predicted molar refractivity (Wildman–Crippen MR) is 99.3 cm³/mol. The minimum absolute atomic E-state index is 0.0234. The molecule has 1 N–H and O–H groups in total. The molecule has 0 saturated carbocycles. The van der Waals surface area contributed by atoms with Gasteiger partial charge >= 0.3 is 0 Å². The van der Waals surface area contributed by atoms with E-state index in [1.165, 1.54) is 11.3 Å². The number of amides is 1. The number of hydrogen-bond acceptors (Lipinski definition) is 3. The molecule has 1 atom stereocenters. The summed E-state index contributed by atoms with van der Waals surface area (Å²) in [5.41, 5.74) is 2.83. The van der Waals surface area contributed by atoms with Crippen molar-refractivity contribution in [2.45, 2.75) is 19.4 Å². The molecule has 122 valence electrons. The number of thiazole rings is 1. The van der Waals surface area contributed by atoms with Gasteiger partial charge in [0.15, 0.2) is 0 Å². The molecular formula is C19H17ClN2OS. The van der Waals surface area contributed by atoms with Gasteiger partial charge in [0.2, 0.25) is 5.91 Å². The molecule has 3 aromatic rings. The first-order valence-electron chi connectivity index (χ1n) is 7.66. The van der Waals surface area contributed by atoms with Crippen molar-refractivity contribution in [2.75, 3.05) is 0 Å². The van der Waals surface area contributed by atoms with Gasteiger partial charge in [0.25, 0.3) is 0 Å². The summed E-state index contributed by atoms with van der Waals surface area (Å²) >= 11 is 7.53. The van der Waals surface area contributed by atoms with Crippen LogP contribution in [0.3, 0.4) is 0 Å². The van der Waals surface area contributed by atoms with Gasteiger partial charge in [-0.2, -0.15) is 0 Å². The maximum Gasteiger partial charge on any atom is 0.226 e. The van der Waals surface area contributed by atoms with Gasteiger partial charge in [-0.15, -0.1) is 11.3 Å². The molecule has 0 radical (unpaired) electrons. The normalized spacial score (nSPS) is 11.9. The van der Waals surface area contributed by atoms with Crippen LogP contribution in [-0.2, 0) is 11.2 Å². The zero-order valence-electron chi connectivity index (χ0n) is 13.2. The number of carbonyl (C=O) groups excluding carboxylic acids is 1. The van der Waals surface area contributed by atoms with Crippen LogP contribution in [0.15, 0.2) is 60.0 Å². The van der Waals surface area contributed by atoms with E-state index in [9.17, 15) is 4.79 Å². The summed E-state index contributed by atoms with van der Waals surface area (Å²) in [7, 11) is 0. The van der Waals surface area contributed by atoms with Crippen LogP contribution in [0.5, 0.6) is 0 Å². The SMILES string of the molecule is CC(NC(=O)Cc1csc(-c2cccc(Cl)c2)n1)c1ccccc1. The molecule has 0 bridgehead atoms. The van der Waals surface area contributed by atoms with Crippen LogP contribution in [0.4, 0.5) is 0 Å². The van der Waals surface area contributed by atoms with E-state index in [4.69, 9.17) is 11.6 Å². The van der Waals surface area contributed by atoms with E-state index in [1.807, 2.05) is 66.9 Å². The average molecular weight is 357 g/mol. The number of carbonyl (C=O) groups is 1. The summed E-state index contributed by atoms with van der Waals surface area (Å²) in [6.07, 6.45) is 0.272. The number of nitrogens with one attached hydrogen (secondary N) is 1. The highest BCUT2D eigenvalue weighted by Crippen LogP contribution is 2.26. The molecule has 0 saturated heterocycles. The molecule has 0 aliphatic heterocycles. The Kier molecular flexibility index (Phi) is 5.28. The number of hydrogen-bond donors (Lipinski definition) is 1. The van der Waals surface area contributed by atoms with Crippen LogP contribution in [0.25, 0.3) is 10.6 Å². The maximum absolute atomic E-state index is 12.2. The Morgan fingerprint density at radius 2 is 2.00 bits per heavy atom. The quantitative estimate of drug-likeness (QED) is 0.707. The standard InChI is InChI=1S/C19H17ClN2OS/c1-13(14-6-3-2-4-7-14)21-18(23)11-17-12-24-19(22-17)15-8-5-9-16(20)10-15/h2-10,12-13H,11H2,1H3,(H,21,23). The number of benzene rings is 2. The van der Waals surface area contributed by atoms with E-state index in [2.05, 4.69) is 10.3 Å². The second-order valence-corrected chi connectivity index (χ2v) is 6.83. The van der Waals surface area contributed by atoms with Gasteiger partial charge in [-0.25, -0.2) is 4.98 Å². The first kappa shape index (κ1) is 16.7. The van der Waals surface area contributed by atoms with E-state index >= 15 is 0 Å². The molecule has 0 aliphatic rings. The Morgan fingerprint density at radius 3 is 2.75 bits per heavy atom. The van der Waals surface area contributed by atoms with Crippen molar-refractivity contribution >= 4 is 28.8 Å². The maximum atomic E-state index is 12.2. The lowest BCUT2D eigenvalue weighted by atomic mass is 10.1. The number of nitrogens with zero attached hydrogens (tertiary/aromatic N) is 1. The zero-order valence-corrected chi connectivity index (χ0v) is 14.8. The molecule has 1 unspecified atom stereocenters. The van der Waals surface area contributed by atoms with Crippen molar-refractivity contribution in [3.63, 3.8) is 0 Å². The fourth-order valence-corrected chi connectivity index (χ4v) is 3.43. The smallest absolute Gasteiger partial charge is 0.226 e. The first-order chi connectivity index (χ1) is 11.6. The third kappa shape index (κ3) is 4.22. The zero-order chi connectivity index (χ0) is 16.9. The predicted octanol–water partition coefficient (Wildman–Crippen LogP) is 4.88. The van der Waals surface area contributed by atoms with Gasteiger partial charge in [0.05, 0.1) is 18.2 Å². The highest BCUT2D eigenvalue weighted by molar-refractivity contribution is 7.13. The largest absolute Gasteiger partial charge is 0.349 e. The van der Waals surface area contributed by atoms with E-state index < -0.39 is 0 Å².